The summed E-state index contributed by atoms with van der Waals surface area (Å²) < 4.78 is 5.87. The monoisotopic (exact) mass is 253 g/mol. The molecular formula is C12H19N3OS. The number of rotatable bonds is 2. The van der Waals surface area contributed by atoms with Gasteiger partial charge in [0.15, 0.2) is 5.13 Å². The minimum Gasteiger partial charge on any atom is -0.375 e. The van der Waals surface area contributed by atoms with Gasteiger partial charge >= 0.3 is 0 Å². The number of nitrogens with two attached hydrogens (primary N) is 1. The predicted molar refractivity (Wildman–Crippen MR) is 68.9 cm³/mol. The number of thiazole rings is 1. The maximum absolute atomic E-state index is 5.87. The standard InChI is InChI=1S/C12H19N3OS/c13-12-14-9(8-17-12)7-15-5-6-16-11-4-2-1-3-10(11)15/h8,10-11H,1-7H2,(H2,13,14). The Morgan fingerprint density at radius 2 is 2.35 bits per heavy atom. The van der Waals surface area contributed by atoms with Gasteiger partial charge in [-0.1, -0.05) is 12.8 Å². The van der Waals surface area contributed by atoms with E-state index in [1.54, 1.807) is 0 Å². The molecule has 1 saturated heterocycles. The van der Waals surface area contributed by atoms with E-state index in [0.29, 0.717) is 17.3 Å². The van der Waals surface area contributed by atoms with Gasteiger partial charge in [0, 0.05) is 24.5 Å². The first-order valence-electron chi connectivity index (χ1n) is 6.38. The molecule has 2 atom stereocenters. The molecule has 2 N–H and O–H groups in total. The van der Waals surface area contributed by atoms with Gasteiger partial charge in [0.05, 0.1) is 18.4 Å². The lowest BCUT2D eigenvalue weighted by molar-refractivity contribution is -0.0913. The van der Waals surface area contributed by atoms with Crippen LogP contribution >= 0.6 is 11.3 Å². The van der Waals surface area contributed by atoms with Crippen LogP contribution < -0.4 is 5.73 Å². The molecule has 17 heavy (non-hydrogen) atoms. The van der Waals surface area contributed by atoms with E-state index in [1.807, 2.05) is 0 Å². The van der Waals surface area contributed by atoms with E-state index in [9.17, 15) is 0 Å². The topological polar surface area (TPSA) is 51.4 Å². The van der Waals surface area contributed by atoms with Gasteiger partial charge in [-0.05, 0) is 12.8 Å². The molecule has 2 aliphatic rings. The van der Waals surface area contributed by atoms with E-state index < -0.39 is 0 Å². The molecular weight excluding hydrogens is 234 g/mol. The van der Waals surface area contributed by atoms with E-state index in [4.69, 9.17) is 10.5 Å². The first-order chi connectivity index (χ1) is 8.33. The number of morpholine rings is 1. The summed E-state index contributed by atoms with van der Waals surface area (Å²) in [5, 5.41) is 2.75. The van der Waals surface area contributed by atoms with Crippen molar-refractivity contribution in [2.75, 3.05) is 18.9 Å². The Balaban J connectivity index is 1.68. The quantitative estimate of drug-likeness (QED) is 0.874. The van der Waals surface area contributed by atoms with Gasteiger partial charge in [-0.2, -0.15) is 0 Å². The first-order valence-corrected chi connectivity index (χ1v) is 7.26. The fourth-order valence-corrected chi connectivity index (χ4v) is 3.53. The molecule has 0 spiro atoms. The Morgan fingerprint density at radius 1 is 1.47 bits per heavy atom. The molecule has 2 unspecified atom stereocenters. The second-order valence-corrected chi connectivity index (χ2v) is 5.80. The fourth-order valence-electron chi connectivity index (χ4n) is 2.98. The third-order valence-electron chi connectivity index (χ3n) is 3.78. The van der Waals surface area contributed by atoms with E-state index in [2.05, 4.69) is 15.3 Å². The Hall–Kier alpha value is -0.650. The van der Waals surface area contributed by atoms with Crippen molar-refractivity contribution < 1.29 is 4.74 Å². The normalized spacial score (nSPS) is 30.1. The summed E-state index contributed by atoms with van der Waals surface area (Å²) in [5.41, 5.74) is 6.79. The average molecular weight is 253 g/mol. The van der Waals surface area contributed by atoms with Crippen LogP contribution in [0.15, 0.2) is 5.38 Å². The van der Waals surface area contributed by atoms with Gasteiger partial charge in [-0.25, -0.2) is 4.98 Å². The van der Waals surface area contributed by atoms with Crippen LogP contribution in [0.2, 0.25) is 0 Å². The molecule has 1 aromatic rings. The van der Waals surface area contributed by atoms with Crippen LogP contribution in [0.5, 0.6) is 0 Å². The van der Waals surface area contributed by atoms with Crippen molar-refractivity contribution in [2.24, 2.45) is 0 Å². The molecule has 1 aliphatic heterocycles. The van der Waals surface area contributed by atoms with Gasteiger partial charge in [0.25, 0.3) is 0 Å². The highest BCUT2D eigenvalue weighted by Crippen LogP contribution is 2.29. The Labute approximate surface area is 106 Å². The van der Waals surface area contributed by atoms with Crippen molar-refractivity contribution in [3.63, 3.8) is 0 Å². The number of ether oxygens (including phenoxy) is 1. The summed E-state index contributed by atoms with van der Waals surface area (Å²) in [6.07, 6.45) is 5.59. The Kier molecular flexibility index (Phi) is 3.31. The average Bonchev–Trinajstić information content (AvgIpc) is 2.75. The highest BCUT2D eigenvalue weighted by Gasteiger charge is 2.34. The van der Waals surface area contributed by atoms with Crippen LogP contribution in [0.25, 0.3) is 0 Å². The molecule has 1 saturated carbocycles. The molecule has 3 rings (SSSR count). The summed E-state index contributed by atoms with van der Waals surface area (Å²) >= 11 is 1.53. The van der Waals surface area contributed by atoms with Crippen LogP contribution in [0, 0.1) is 0 Å². The highest BCUT2D eigenvalue weighted by atomic mass is 32.1. The van der Waals surface area contributed by atoms with E-state index in [-0.39, 0.29) is 0 Å². The zero-order valence-corrected chi connectivity index (χ0v) is 10.8. The summed E-state index contributed by atoms with van der Waals surface area (Å²) in [4.78, 5) is 6.89. The van der Waals surface area contributed by atoms with Crippen molar-refractivity contribution in [3.05, 3.63) is 11.1 Å². The SMILES string of the molecule is Nc1nc(CN2CCOC3CCCCC32)cs1. The third kappa shape index (κ3) is 2.46. The van der Waals surface area contributed by atoms with Gasteiger partial charge in [0.1, 0.15) is 0 Å². The molecule has 5 heteroatoms. The zero-order chi connectivity index (χ0) is 11.7. The molecule has 0 radical (unpaired) electrons. The van der Waals surface area contributed by atoms with Gasteiger partial charge in [-0.15, -0.1) is 11.3 Å². The zero-order valence-electron chi connectivity index (χ0n) is 9.97. The number of anilines is 1. The van der Waals surface area contributed by atoms with Crippen molar-refractivity contribution >= 4 is 16.5 Å². The van der Waals surface area contributed by atoms with Crippen LogP contribution in [0.4, 0.5) is 5.13 Å². The first kappa shape index (κ1) is 11.4. The largest absolute Gasteiger partial charge is 0.375 e. The van der Waals surface area contributed by atoms with E-state index >= 15 is 0 Å². The second-order valence-electron chi connectivity index (χ2n) is 4.91. The van der Waals surface area contributed by atoms with Crippen LogP contribution in [0.1, 0.15) is 31.4 Å². The Bertz CT molecular complexity index is 380. The molecule has 1 aliphatic carbocycles. The van der Waals surface area contributed by atoms with Crippen molar-refractivity contribution in [1.82, 2.24) is 9.88 Å². The molecule has 0 amide bonds. The fraction of sp³-hybridized carbons (Fsp3) is 0.750. The molecule has 2 heterocycles. The Morgan fingerprint density at radius 3 is 3.18 bits per heavy atom. The number of hydrogen-bond acceptors (Lipinski definition) is 5. The number of fused-ring (bicyclic) bond motifs is 1. The van der Waals surface area contributed by atoms with E-state index in [0.717, 1.165) is 25.4 Å². The lowest BCUT2D eigenvalue weighted by Gasteiger charge is -2.43. The molecule has 4 nitrogen and oxygen atoms in total. The molecule has 0 aromatic carbocycles. The summed E-state index contributed by atoms with van der Waals surface area (Å²) in [7, 11) is 0. The molecule has 1 aromatic heterocycles. The number of nitrogens with zero attached hydrogens (tertiary/aromatic N) is 2. The number of hydrogen-bond donors (Lipinski definition) is 1. The minimum atomic E-state index is 0.452. The van der Waals surface area contributed by atoms with Gasteiger partial charge in [-0.3, -0.25) is 4.90 Å². The van der Waals surface area contributed by atoms with Crippen LogP contribution in [-0.4, -0.2) is 35.2 Å². The lowest BCUT2D eigenvalue weighted by atomic mass is 9.90. The van der Waals surface area contributed by atoms with Crippen molar-refractivity contribution in [3.8, 4) is 0 Å². The smallest absolute Gasteiger partial charge is 0.180 e. The maximum Gasteiger partial charge on any atom is 0.180 e. The maximum atomic E-state index is 5.87. The summed E-state index contributed by atoms with van der Waals surface area (Å²) in [6.45, 7) is 2.82. The minimum absolute atomic E-state index is 0.452. The highest BCUT2D eigenvalue weighted by molar-refractivity contribution is 7.13. The molecule has 94 valence electrons. The van der Waals surface area contributed by atoms with Gasteiger partial charge < -0.3 is 10.5 Å². The lowest BCUT2D eigenvalue weighted by Crippen LogP contribution is -2.52. The van der Waals surface area contributed by atoms with Crippen LogP contribution in [0.3, 0.4) is 0 Å². The predicted octanol–water partition coefficient (Wildman–Crippen LogP) is 1.87. The van der Waals surface area contributed by atoms with E-state index in [1.165, 1.54) is 37.0 Å². The molecule has 0 bridgehead atoms. The second kappa shape index (κ2) is 4.92. The number of aromatic nitrogens is 1. The van der Waals surface area contributed by atoms with Crippen molar-refractivity contribution in [2.45, 2.75) is 44.4 Å². The summed E-state index contributed by atoms with van der Waals surface area (Å²) in [6, 6.07) is 0.598. The molecule has 2 fully saturated rings. The summed E-state index contributed by atoms with van der Waals surface area (Å²) in [5.74, 6) is 0. The number of nitrogen functional groups attached to an aromatic ring is 1. The third-order valence-corrected chi connectivity index (χ3v) is 4.50. The van der Waals surface area contributed by atoms with Gasteiger partial charge in [0.2, 0.25) is 0 Å². The van der Waals surface area contributed by atoms with Crippen molar-refractivity contribution in [1.29, 1.82) is 0 Å². The van der Waals surface area contributed by atoms with Crippen LogP contribution in [-0.2, 0) is 11.3 Å².